The predicted octanol–water partition coefficient (Wildman–Crippen LogP) is 3.48. The van der Waals surface area contributed by atoms with E-state index in [0.717, 1.165) is 21.5 Å². The van der Waals surface area contributed by atoms with Crippen molar-refractivity contribution >= 4 is 39.5 Å². The van der Waals surface area contributed by atoms with Crippen molar-refractivity contribution in [1.29, 1.82) is 0 Å². The van der Waals surface area contributed by atoms with E-state index in [9.17, 15) is 14.4 Å². The molecule has 4 rings (SSSR count). The number of esters is 1. The van der Waals surface area contributed by atoms with Crippen LogP contribution in [-0.2, 0) is 20.9 Å². The number of urea groups is 1. The molecule has 0 unspecified atom stereocenters. The number of imide groups is 1. The van der Waals surface area contributed by atoms with Crippen LogP contribution in [0.2, 0.25) is 0 Å². The zero-order valence-electron chi connectivity index (χ0n) is 16.9. The number of hydrogen-bond donors (Lipinski definition) is 1. The van der Waals surface area contributed by atoms with Gasteiger partial charge in [0.2, 0.25) is 0 Å². The van der Waals surface area contributed by atoms with Crippen LogP contribution in [0, 0.1) is 11.3 Å². The molecule has 1 aromatic heterocycles. The van der Waals surface area contributed by atoms with Crippen molar-refractivity contribution in [1.82, 2.24) is 15.2 Å². The lowest BCUT2D eigenvalue weighted by Gasteiger charge is -2.43. The molecule has 29 heavy (non-hydrogen) atoms. The number of para-hydroxylation sites is 1. The topological polar surface area (TPSA) is 88.6 Å². The van der Waals surface area contributed by atoms with Gasteiger partial charge in [-0.2, -0.15) is 0 Å². The Hall–Kier alpha value is -2.48. The van der Waals surface area contributed by atoms with E-state index in [1.165, 1.54) is 11.3 Å². The molecule has 1 spiro atoms. The van der Waals surface area contributed by atoms with Gasteiger partial charge in [0.1, 0.15) is 23.7 Å². The van der Waals surface area contributed by atoms with Crippen LogP contribution >= 0.6 is 11.3 Å². The van der Waals surface area contributed by atoms with Gasteiger partial charge in [-0.25, -0.2) is 9.78 Å². The van der Waals surface area contributed by atoms with E-state index in [4.69, 9.17) is 4.74 Å². The standard InChI is InChI=1S/C21H25N3O4S/c1-13-8-20(2,3)12-21(9-13)18(26)24(19(27)23-21)10-17(25)28-11-16-22-14-6-4-5-7-15(14)29-16/h4-7,13H,8-12H2,1-3H3,(H,23,27)/t13-,21-/m0/s1. The minimum atomic E-state index is -0.911. The van der Waals surface area contributed by atoms with E-state index in [-0.39, 0.29) is 24.5 Å². The number of amides is 3. The minimum Gasteiger partial charge on any atom is -0.457 e. The molecule has 2 heterocycles. The number of hydrogen-bond acceptors (Lipinski definition) is 6. The maximum atomic E-state index is 13.1. The molecular weight excluding hydrogens is 390 g/mol. The molecule has 2 atom stereocenters. The molecule has 2 aromatic rings. The zero-order valence-corrected chi connectivity index (χ0v) is 17.7. The molecule has 2 aliphatic rings. The van der Waals surface area contributed by atoms with E-state index in [2.05, 4.69) is 31.1 Å². The SMILES string of the molecule is C[C@H]1CC(C)(C)C[C@]2(C1)NC(=O)N(CC(=O)OCc1nc3ccccc3s1)C2=O. The van der Waals surface area contributed by atoms with Gasteiger partial charge < -0.3 is 10.1 Å². The Balaban J connectivity index is 1.40. The van der Waals surface area contributed by atoms with E-state index < -0.39 is 17.5 Å². The molecule has 1 aromatic carbocycles. The van der Waals surface area contributed by atoms with Gasteiger partial charge in [-0.3, -0.25) is 14.5 Å². The van der Waals surface area contributed by atoms with Gasteiger partial charge in [0, 0.05) is 0 Å². The number of carbonyl (C=O) groups is 3. The molecule has 8 heteroatoms. The summed E-state index contributed by atoms with van der Waals surface area (Å²) in [5.41, 5.74) is -0.108. The van der Waals surface area contributed by atoms with Gasteiger partial charge in [-0.1, -0.05) is 32.9 Å². The molecule has 7 nitrogen and oxygen atoms in total. The first-order valence-corrected chi connectivity index (χ1v) is 10.6. The number of benzene rings is 1. The van der Waals surface area contributed by atoms with Crippen molar-refractivity contribution in [3.05, 3.63) is 29.3 Å². The lowest BCUT2D eigenvalue weighted by atomic mass is 9.64. The molecule has 3 amide bonds. The number of ether oxygens (including phenoxy) is 1. The van der Waals surface area contributed by atoms with Crippen LogP contribution in [0.3, 0.4) is 0 Å². The highest BCUT2D eigenvalue weighted by molar-refractivity contribution is 7.18. The Morgan fingerprint density at radius 3 is 2.79 bits per heavy atom. The number of nitrogens with one attached hydrogen (secondary N) is 1. The summed E-state index contributed by atoms with van der Waals surface area (Å²) < 4.78 is 6.31. The lowest BCUT2D eigenvalue weighted by Crippen LogP contribution is -2.54. The van der Waals surface area contributed by atoms with Crippen LogP contribution in [0.15, 0.2) is 24.3 Å². The summed E-state index contributed by atoms with van der Waals surface area (Å²) in [5.74, 6) is -0.624. The van der Waals surface area contributed by atoms with Crippen molar-refractivity contribution < 1.29 is 19.1 Å². The van der Waals surface area contributed by atoms with Crippen LogP contribution in [0.4, 0.5) is 4.79 Å². The smallest absolute Gasteiger partial charge is 0.326 e. The number of rotatable bonds is 4. The van der Waals surface area contributed by atoms with Gasteiger partial charge in [0.25, 0.3) is 5.91 Å². The summed E-state index contributed by atoms with van der Waals surface area (Å²) in [6.45, 7) is 5.96. The van der Waals surface area contributed by atoms with Crippen LogP contribution in [0.5, 0.6) is 0 Å². The Kier molecular flexibility index (Phi) is 4.85. The van der Waals surface area contributed by atoms with E-state index >= 15 is 0 Å². The second kappa shape index (κ2) is 7.09. The fourth-order valence-corrected chi connectivity index (χ4v) is 5.83. The van der Waals surface area contributed by atoms with Gasteiger partial charge in [0.15, 0.2) is 0 Å². The summed E-state index contributed by atoms with van der Waals surface area (Å²) in [6, 6.07) is 7.17. The zero-order chi connectivity index (χ0) is 20.8. The van der Waals surface area contributed by atoms with Crippen LogP contribution in [-0.4, -0.2) is 39.9 Å². The van der Waals surface area contributed by atoms with Gasteiger partial charge in [0.05, 0.1) is 10.2 Å². The van der Waals surface area contributed by atoms with Crippen molar-refractivity contribution in [3.8, 4) is 0 Å². The summed E-state index contributed by atoms with van der Waals surface area (Å²) in [7, 11) is 0. The molecule has 1 aliphatic heterocycles. The quantitative estimate of drug-likeness (QED) is 0.610. The van der Waals surface area contributed by atoms with Crippen molar-refractivity contribution in [3.63, 3.8) is 0 Å². The second-order valence-electron chi connectivity index (χ2n) is 8.99. The fraction of sp³-hybridized carbons (Fsp3) is 0.524. The van der Waals surface area contributed by atoms with Crippen LogP contribution in [0.1, 0.15) is 45.0 Å². The average molecular weight is 416 g/mol. The normalized spacial score (nSPS) is 26.2. The Bertz CT molecular complexity index is 952. The molecule has 0 bridgehead atoms. The molecule has 1 saturated heterocycles. The van der Waals surface area contributed by atoms with Crippen molar-refractivity contribution in [2.24, 2.45) is 11.3 Å². The fourth-order valence-electron chi connectivity index (χ4n) is 4.95. The van der Waals surface area contributed by atoms with Crippen molar-refractivity contribution in [2.75, 3.05) is 6.54 Å². The third kappa shape index (κ3) is 3.85. The Morgan fingerprint density at radius 2 is 2.07 bits per heavy atom. The number of thiazole rings is 1. The molecule has 0 radical (unpaired) electrons. The lowest BCUT2D eigenvalue weighted by molar-refractivity contribution is -0.149. The molecule has 1 N–H and O–H groups in total. The van der Waals surface area contributed by atoms with Crippen molar-refractivity contribution in [2.45, 2.75) is 52.2 Å². The minimum absolute atomic E-state index is 0.0248. The highest BCUT2D eigenvalue weighted by Gasteiger charge is 2.56. The maximum absolute atomic E-state index is 13.1. The van der Waals surface area contributed by atoms with Gasteiger partial charge in [-0.15, -0.1) is 11.3 Å². The summed E-state index contributed by atoms with van der Waals surface area (Å²) in [4.78, 5) is 43.3. The number of nitrogens with zero attached hydrogens (tertiary/aromatic N) is 2. The first-order chi connectivity index (χ1) is 13.7. The summed E-state index contributed by atoms with van der Waals surface area (Å²) in [6.07, 6.45) is 2.17. The molecular formula is C21H25N3O4S. The predicted molar refractivity (Wildman–Crippen MR) is 109 cm³/mol. The summed E-state index contributed by atoms with van der Waals surface area (Å²) >= 11 is 1.45. The van der Waals surface area contributed by atoms with Crippen LogP contribution < -0.4 is 5.32 Å². The van der Waals surface area contributed by atoms with E-state index in [1.807, 2.05) is 24.3 Å². The maximum Gasteiger partial charge on any atom is 0.326 e. The van der Waals surface area contributed by atoms with Crippen LogP contribution in [0.25, 0.3) is 10.2 Å². The third-order valence-electron chi connectivity index (χ3n) is 5.61. The molecule has 154 valence electrons. The average Bonchev–Trinajstić information content (AvgIpc) is 3.12. The van der Waals surface area contributed by atoms with E-state index in [0.29, 0.717) is 23.8 Å². The molecule has 1 saturated carbocycles. The van der Waals surface area contributed by atoms with Gasteiger partial charge >= 0.3 is 12.0 Å². The third-order valence-corrected chi connectivity index (χ3v) is 6.62. The first kappa shape index (κ1) is 19.8. The highest BCUT2D eigenvalue weighted by Crippen LogP contribution is 2.46. The highest BCUT2D eigenvalue weighted by atomic mass is 32.1. The summed E-state index contributed by atoms with van der Waals surface area (Å²) in [5, 5.41) is 3.55. The monoisotopic (exact) mass is 415 g/mol. The van der Waals surface area contributed by atoms with E-state index in [1.54, 1.807) is 0 Å². The number of aromatic nitrogens is 1. The first-order valence-electron chi connectivity index (χ1n) is 9.82. The second-order valence-corrected chi connectivity index (χ2v) is 10.1. The molecule has 2 fully saturated rings. The Labute approximate surface area is 173 Å². The number of carbonyl (C=O) groups excluding carboxylic acids is 3. The molecule has 1 aliphatic carbocycles. The number of fused-ring (bicyclic) bond motifs is 1. The largest absolute Gasteiger partial charge is 0.457 e. The van der Waals surface area contributed by atoms with Gasteiger partial charge in [-0.05, 0) is 42.7 Å². The Morgan fingerprint density at radius 1 is 1.31 bits per heavy atom.